The normalized spacial score (nSPS) is 22.3. The van der Waals surface area contributed by atoms with E-state index in [9.17, 15) is 29.1 Å². The molecular formula is C29H35N5O7. The highest BCUT2D eigenvalue weighted by Gasteiger charge is 2.32. The molecule has 0 spiro atoms. The Labute approximate surface area is 237 Å². The number of nitrogens with zero attached hydrogens (tertiary/aromatic N) is 1. The molecule has 12 nitrogen and oxygen atoms in total. The first-order valence-electron chi connectivity index (χ1n) is 13.6. The minimum absolute atomic E-state index is 0.0729. The molecule has 0 unspecified atom stereocenters. The molecular weight excluding hydrogens is 530 g/mol. The van der Waals surface area contributed by atoms with Gasteiger partial charge in [0.2, 0.25) is 23.6 Å². The Bertz CT molecular complexity index is 1330. The molecule has 3 heterocycles. The molecule has 12 heteroatoms. The number of amides is 5. The number of carbonyl (C=O) groups is 5. The van der Waals surface area contributed by atoms with E-state index in [-0.39, 0.29) is 48.4 Å². The number of ether oxygens (including phenoxy) is 1. The molecule has 3 aliphatic heterocycles. The second-order valence-corrected chi connectivity index (χ2v) is 10.5. The fourth-order valence-electron chi connectivity index (χ4n) is 4.65. The third-order valence-corrected chi connectivity index (χ3v) is 7.04. The van der Waals surface area contributed by atoms with Crippen LogP contribution in [-0.2, 0) is 25.6 Å². The van der Waals surface area contributed by atoms with Gasteiger partial charge in [-0.15, -0.1) is 0 Å². The summed E-state index contributed by atoms with van der Waals surface area (Å²) < 4.78 is 5.89. The highest BCUT2D eigenvalue weighted by atomic mass is 16.5. The molecule has 2 aromatic carbocycles. The van der Waals surface area contributed by atoms with Crippen molar-refractivity contribution in [3.8, 4) is 17.2 Å². The largest absolute Gasteiger partial charge is 0.507 e. The predicted molar refractivity (Wildman–Crippen MR) is 148 cm³/mol. The molecule has 41 heavy (non-hydrogen) atoms. The lowest BCUT2D eigenvalue weighted by atomic mass is 10.0. The second-order valence-electron chi connectivity index (χ2n) is 10.5. The van der Waals surface area contributed by atoms with Crippen molar-refractivity contribution in [2.24, 2.45) is 5.92 Å². The van der Waals surface area contributed by atoms with Crippen LogP contribution in [0.5, 0.6) is 17.2 Å². The number of hydrogen-bond donors (Lipinski definition) is 5. The van der Waals surface area contributed by atoms with Gasteiger partial charge in [0, 0.05) is 32.5 Å². The highest BCUT2D eigenvalue weighted by Crippen LogP contribution is 2.28. The van der Waals surface area contributed by atoms with Crippen LogP contribution in [0.2, 0.25) is 0 Å². The van der Waals surface area contributed by atoms with Crippen LogP contribution in [0, 0.1) is 5.92 Å². The number of aromatic hydroxyl groups is 1. The van der Waals surface area contributed by atoms with Crippen LogP contribution in [0.3, 0.4) is 0 Å². The van der Waals surface area contributed by atoms with Gasteiger partial charge in [-0.25, -0.2) is 0 Å². The van der Waals surface area contributed by atoms with Crippen molar-refractivity contribution in [3.63, 3.8) is 0 Å². The van der Waals surface area contributed by atoms with Crippen LogP contribution in [0.15, 0.2) is 42.5 Å². The van der Waals surface area contributed by atoms with E-state index in [1.54, 1.807) is 43.0 Å². The third kappa shape index (κ3) is 7.33. The van der Waals surface area contributed by atoms with Crippen molar-refractivity contribution >= 4 is 29.5 Å². The van der Waals surface area contributed by atoms with Crippen LogP contribution in [0.1, 0.15) is 43.1 Å². The summed E-state index contributed by atoms with van der Waals surface area (Å²) in [7, 11) is 0. The maximum absolute atomic E-state index is 13.6. The van der Waals surface area contributed by atoms with E-state index < -0.39 is 35.8 Å². The summed E-state index contributed by atoms with van der Waals surface area (Å²) in [5, 5.41) is 21.1. The van der Waals surface area contributed by atoms with Crippen LogP contribution < -0.4 is 26.0 Å². The molecule has 0 aromatic heterocycles. The van der Waals surface area contributed by atoms with Gasteiger partial charge in [-0.2, -0.15) is 0 Å². The Hall–Kier alpha value is -4.61. The molecule has 5 amide bonds. The zero-order chi connectivity index (χ0) is 29.7. The maximum atomic E-state index is 13.6. The number of phenols is 1. The topological polar surface area (TPSA) is 166 Å². The fraction of sp³-hybridized carbons (Fsp3) is 0.414. The summed E-state index contributed by atoms with van der Waals surface area (Å²) >= 11 is 0. The van der Waals surface area contributed by atoms with Gasteiger partial charge in [0.1, 0.15) is 35.4 Å². The fourth-order valence-corrected chi connectivity index (χ4v) is 4.65. The Morgan fingerprint density at radius 1 is 0.951 bits per heavy atom. The van der Waals surface area contributed by atoms with Crippen LogP contribution in [0.25, 0.3) is 0 Å². The van der Waals surface area contributed by atoms with E-state index >= 15 is 0 Å². The number of hydrogen-bond acceptors (Lipinski definition) is 7. The molecule has 5 rings (SSSR count). The van der Waals surface area contributed by atoms with E-state index in [0.29, 0.717) is 24.6 Å². The van der Waals surface area contributed by atoms with Crippen molar-refractivity contribution in [1.29, 1.82) is 0 Å². The van der Waals surface area contributed by atoms with Crippen LogP contribution in [-0.4, -0.2) is 77.3 Å². The zero-order valence-electron chi connectivity index (χ0n) is 23.2. The van der Waals surface area contributed by atoms with E-state index in [1.807, 2.05) is 0 Å². The predicted octanol–water partition coefficient (Wildman–Crippen LogP) is 0.833. The summed E-state index contributed by atoms with van der Waals surface area (Å²) in [6.07, 6.45) is 0.323. The van der Waals surface area contributed by atoms with Gasteiger partial charge in [-0.1, -0.05) is 26.0 Å². The van der Waals surface area contributed by atoms with Crippen molar-refractivity contribution in [1.82, 2.24) is 26.2 Å². The quantitative estimate of drug-likeness (QED) is 0.337. The molecule has 3 atom stereocenters. The van der Waals surface area contributed by atoms with Crippen molar-refractivity contribution in [2.45, 2.75) is 51.7 Å². The lowest BCUT2D eigenvalue weighted by Crippen LogP contribution is -2.57. The molecule has 1 fully saturated rings. The Balaban J connectivity index is 1.67. The first-order chi connectivity index (χ1) is 19.5. The van der Waals surface area contributed by atoms with Gasteiger partial charge in [-0.3, -0.25) is 24.0 Å². The van der Waals surface area contributed by atoms with Gasteiger partial charge in [-0.05, 0) is 48.7 Å². The molecule has 2 aromatic rings. The monoisotopic (exact) mass is 565 g/mol. The van der Waals surface area contributed by atoms with Gasteiger partial charge in [0.25, 0.3) is 5.91 Å². The van der Waals surface area contributed by atoms with Crippen LogP contribution >= 0.6 is 0 Å². The van der Waals surface area contributed by atoms with E-state index in [0.717, 1.165) is 5.56 Å². The SMILES string of the molecule is CC(C)[C@@H]1NC(=O)c2cc(ccc2O)Oc2ccc(cc2)C[C@@H](C(=O)N2CCNC(=O)CC2)NC(=O)[C@H](C)NC1=O. The third-order valence-electron chi connectivity index (χ3n) is 7.04. The van der Waals surface area contributed by atoms with Crippen molar-refractivity contribution in [3.05, 3.63) is 53.6 Å². The average Bonchev–Trinajstić information content (AvgIpc) is 3.16. The standard InChI is InChI=1S/C29H35N5O7/c1-16(2)25-28(39)31-17(3)26(37)32-22(29(40)34-12-10-24(36)30-11-13-34)14-18-4-6-19(7-5-18)41-20-8-9-23(35)21(15-20)27(38)33-25/h4-9,15-17,22,25,35H,10-14H2,1-3H3,(H,30,36)(H,31,39)(H,32,37)(H,33,38)/t17-,22-,25-/m0/s1. The lowest BCUT2D eigenvalue weighted by molar-refractivity contribution is -0.137. The number of benzene rings is 2. The Kier molecular flexibility index (Phi) is 9.10. The second kappa shape index (κ2) is 12.7. The smallest absolute Gasteiger partial charge is 0.255 e. The Morgan fingerprint density at radius 3 is 2.37 bits per heavy atom. The van der Waals surface area contributed by atoms with E-state index in [4.69, 9.17) is 4.74 Å². The van der Waals surface area contributed by atoms with Crippen molar-refractivity contribution < 1.29 is 33.8 Å². The average molecular weight is 566 g/mol. The molecule has 0 aliphatic carbocycles. The lowest BCUT2D eigenvalue weighted by Gasteiger charge is -2.28. The maximum Gasteiger partial charge on any atom is 0.255 e. The molecule has 0 radical (unpaired) electrons. The summed E-state index contributed by atoms with van der Waals surface area (Å²) in [5.41, 5.74) is 0.666. The van der Waals surface area contributed by atoms with Gasteiger partial charge < -0.3 is 36.0 Å². The van der Waals surface area contributed by atoms with Gasteiger partial charge >= 0.3 is 0 Å². The molecule has 3 aliphatic rings. The summed E-state index contributed by atoms with van der Waals surface area (Å²) in [4.78, 5) is 66.4. The summed E-state index contributed by atoms with van der Waals surface area (Å²) in [6.45, 7) is 5.80. The number of carbonyl (C=O) groups excluding carboxylic acids is 5. The first kappa shape index (κ1) is 29.4. The number of fused-ring (bicyclic) bond motifs is 11. The van der Waals surface area contributed by atoms with Gasteiger partial charge in [0.05, 0.1) is 5.56 Å². The number of phenolic OH excluding ortho intramolecular Hbond substituents is 1. The number of nitrogens with one attached hydrogen (secondary N) is 4. The van der Waals surface area contributed by atoms with Crippen molar-refractivity contribution in [2.75, 3.05) is 19.6 Å². The number of rotatable bonds is 2. The first-order valence-corrected chi connectivity index (χ1v) is 13.6. The molecule has 1 saturated heterocycles. The molecule has 5 N–H and O–H groups in total. The molecule has 4 bridgehead atoms. The van der Waals surface area contributed by atoms with Gasteiger partial charge in [0.15, 0.2) is 0 Å². The Morgan fingerprint density at radius 2 is 1.66 bits per heavy atom. The minimum atomic E-state index is -1.03. The van der Waals surface area contributed by atoms with Crippen LogP contribution in [0.4, 0.5) is 0 Å². The summed E-state index contributed by atoms with van der Waals surface area (Å²) in [5.74, 6) is -2.25. The van der Waals surface area contributed by atoms with E-state index in [2.05, 4.69) is 21.3 Å². The molecule has 0 saturated carbocycles. The minimum Gasteiger partial charge on any atom is -0.507 e. The zero-order valence-corrected chi connectivity index (χ0v) is 23.2. The highest BCUT2D eigenvalue weighted by molar-refractivity contribution is 6.00. The summed E-state index contributed by atoms with van der Waals surface area (Å²) in [6, 6.07) is 8.11. The van der Waals surface area contributed by atoms with E-state index in [1.165, 1.54) is 25.1 Å². The molecule has 218 valence electrons.